The Labute approximate surface area is 199 Å². The van der Waals surface area contributed by atoms with Gasteiger partial charge in [-0.3, -0.25) is 0 Å². The van der Waals surface area contributed by atoms with Crippen molar-refractivity contribution in [3.05, 3.63) is 0 Å². The summed E-state index contributed by atoms with van der Waals surface area (Å²) in [5.74, 6) is 0.798. The molecule has 31 heavy (non-hydrogen) atoms. The van der Waals surface area contributed by atoms with E-state index in [-0.39, 0.29) is 0 Å². The number of unbranched alkanes of at least 4 members (excludes halogenated alkanes) is 22. The monoisotopic (exact) mass is 437 g/mol. The zero-order chi connectivity index (χ0) is 22.7. The van der Waals surface area contributed by atoms with Crippen LogP contribution in [-0.4, -0.2) is 6.54 Å². The molecule has 1 nitrogen and oxygen atoms in total. The van der Waals surface area contributed by atoms with Crippen molar-refractivity contribution in [3.63, 3.8) is 0 Å². The second-order valence-electron chi connectivity index (χ2n) is 10.5. The molecule has 1 atom stereocenters. The third-order valence-corrected chi connectivity index (χ3v) is 7.27. The minimum atomic E-state index is 0.798. The summed E-state index contributed by atoms with van der Waals surface area (Å²) in [5, 5.41) is 0. The van der Waals surface area contributed by atoms with Crippen LogP contribution in [0.4, 0.5) is 0 Å². The molecule has 0 fully saturated rings. The number of rotatable bonds is 27. The fraction of sp³-hybridized carbons (Fsp3) is 1.00. The van der Waals surface area contributed by atoms with Crippen LogP contribution in [-0.2, 0) is 0 Å². The van der Waals surface area contributed by atoms with Crippen LogP contribution in [0, 0.1) is 5.92 Å². The minimum Gasteiger partial charge on any atom is -0.330 e. The van der Waals surface area contributed by atoms with Crippen LogP contribution >= 0.6 is 0 Å². The molecule has 0 bridgehead atoms. The Hall–Kier alpha value is -0.0400. The standard InChI is InChI=1S/C30H63N/c1-3-5-7-9-11-13-15-16-17-18-20-22-24-26-28-30(29-31)27-25-23-21-19-14-12-10-8-6-4-2/h30H,3-29,31H2,1-2H3. The summed E-state index contributed by atoms with van der Waals surface area (Å²) in [6.07, 6.45) is 37.5. The van der Waals surface area contributed by atoms with E-state index in [1.807, 2.05) is 0 Å². The van der Waals surface area contributed by atoms with Gasteiger partial charge in [0.05, 0.1) is 0 Å². The molecule has 0 aliphatic rings. The van der Waals surface area contributed by atoms with Gasteiger partial charge in [0, 0.05) is 0 Å². The van der Waals surface area contributed by atoms with Crippen LogP contribution in [0.3, 0.4) is 0 Å². The van der Waals surface area contributed by atoms with E-state index < -0.39 is 0 Å². The van der Waals surface area contributed by atoms with Gasteiger partial charge in [-0.15, -0.1) is 0 Å². The maximum Gasteiger partial charge on any atom is -0.00489 e. The van der Waals surface area contributed by atoms with Gasteiger partial charge in [0.25, 0.3) is 0 Å². The van der Waals surface area contributed by atoms with Gasteiger partial charge < -0.3 is 5.73 Å². The summed E-state index contributed by atoms with van der Waals surface area (Å²) < 4.78 is 0. The highest BCUT2D eigenvalue weighted by molar-refractivity contribution is 4.61. The fourth-order valence-electron chi connectivity index (χ4n) is 4.93. The van der Waals surface area contributed by atoms with E-state index in [4.69, 9.17) is 5.73 Å². The molecule has 188 valence electrons. The molecular weight excluding hydrogens is 374 g/mol. The summed E-state index contributed by atoms with van der Waals surface area (Å²) in [5.41, 5.74) is 6.05. The first-order valence-corrected chi connectivity index (χ1v) is 15.0. The van der Waals surface area contributed by atoms with Gasteiger partial charge in [-0.05, 0) is 25.3 Å². The molecule has 0 saturated carbocycles. The molecule has 0 aliphatic carbocycles. The normalized spacial score (nSPS) is 12.5. The maximum absolute atomic E-state index is 6.05. The molecule has 0 aromatic carbocycles. The average molecular weight is 438 g/mol. The van der Waals surface area contributed by atoms with Crippen molar-refractivity contribution in [1.82, 2.24) is 0 Å². The van der Waals surface area contributed by atoms with Crippen molar-refractivity contribution in [2.24, 2.45) is 11.7 Å². The van der Waals surface area contributed by atoms with Crippen LogP contribution in [0.5, 0.6) is 0 Å². The fourth-order valence-corrected chi connectivity index (χ4v) is 4.93. The highest BCUT2D eigenvalue weighted by Crippen LogP contribution is 2.19. The van der Waals surface area contributed by atoms with E-state index in [0.29, 0.717) is 0 Å². The van der Waals surface area contributed by atoms with E-state index in [1.165, 1.54) is 167 Å². The molecule has 0 radical (unpaired) electrons. The van der Waals surface area contributed by atoms with E-state index >= 15 is 0 Å². The molecule has 0 rings (SSSR count). The third-order valence-electron chi connectivity index (χ3n) is 7.27. The zero-order valence-corrected chi connectivity index (χ0v) is 22.2. The maximum atomic E-state index is 6.05. The Kier molecular flexibility index (Phi) is 28.0. The van der Waals surface area contributed by atoms with Gasteiger partial charge in [-0.2, -0.15) is 0 Å². The van der Waals surface area contributed by atoms with E-state index in [1.54, 1.807) is 0 Å². The lowest BCUT2D eigenvalue weighted by Gasteiger charge is -2.14. The topological polar surface area (TPSA) is 26.0 Å². The zero-order valence-electron chi connectivity index (χ0n) is 22.2. The number of nitrogens with two attached hydrogens (primary N) is 1. The van der Waals surface area contributed by atoms with Crippen molar-refractivity contribution in [1.29, 1.82) is 0 Å². The quantitative estimate of drug-likeness (QED) is 0.127. The minimum absolute atomic E-state index is 0.798. The van der Waals surface area contributed by atoms with Gasteiger partial charge in [0.1, 0.15) is 0 Å². The number of hydrogen-bond donors (Lipinski definition) is 1. The van der Waals surface area contributed by atoms with Crippen molar-refractivity contribution in [3.8, 4) is 0 Å². The highest BCUT2D eigenvalue weighted by atomic mass is 14.5. The van der Waals surface area contributed by atoms with Crippen LogP contribution in [0.1, 0.15) is 181 Å². The molecule has 0 heterocycles. The second kappa shape index (κ2) is 28.0. The Morgan fingerprint density at radius 1 is 0.355 bits per heavy atom. The lowest BCUT2D eigenvalue weighted by molar-refractivity contribution is 0.409. The summed E-state index contributed by atoms with van der Waals surface area (Å²) >= 11 is 0. The molecule has 2 N–H and O–H groups in total. The Balaban J connectivity index is 3.26. The molecule has 0 aliphatic heterocycles. The predicted molar refractivity (Wildman–Crippen MR) is 144 cm³/mol. The Bertz CT molecular complexity index is 301. The van der Waals surface area contributed by atoms with Gasteiger partial charge in [0.15, 0.2) is 0 Å². The first-order chi connectivity index (χ1) is 15.3. The molecule has 0 saturated heterocycles. The van der Waals surface area contributed by atoms with Gasteiger partial charge >= 0.3 is 0 Å². The molecular formula is C30H63N. The lowest BCUT2D eigenvalue weighted by Crippen LogP contribution is -2.14. The molecule has 0 amide bonds. The first kappa shape index (κ1) is 31.0. The Morgan fingerprint density at radius 3 is 0.806 bits per heavy atom. The van der Waals surface area contributed by atoms with Crippen LogP contribution in [0.2, 0.25) is 0 Å². The summed E-state index contributed by atoms with van der Waals surface area (Å²) in [6.45, 7) is 5.51. The van der Waals surface area contributed by atoms with Crippen molar-refractivity contribution < 1.29 is 0 Å². The van der Waals surface area contributed by atoms with Crippen molar-refractivity contribution in [2.75, 3.05) is 6.54 Å². The summed E-state index contributed by atoms with van der Waals surface area (Å²) in [6, 6.07) is 0. The predicted octanol–water partition coefficient (Wildman–Crippen LogP) is 10.7. The SMILES string of the molecule is CCCCCCCCCCCCCCCCC(CN)CCCCCCCCCCCC. The molecule has 1 unspecified atom stereocenters. The van der Waals surface area contributed by atoms with Crippen molar-refractivity contribution >= 4 is 0 Å². The van der Waals surface area contributed by atoms with Crippen LogP contribution < -0.4 is 5.73 Å². The largest absolute Gasteiger partial charge is 0.330 e. The first-order valence-electron chi connectivity index (χ1n) is 15.0. The summed E-state index contributed by atoms with van der Waals surface area (Å²) in [7, 11) is 0. The third kappa shape index (κ3) is 26.1. The van der Waals surface area contributed by atoms with E-state index in [9.17, 15) is 0 Å². The van der Waals surface area contributed by atoms with E-state index in [2.05, 4.69) is 13.8 Å². The smallest absolute Gasteiger partial charge is 0.00489 e. The van der Waals surface area contributed by atoms with Gasteiger partial charge in [0.2, 0.25) is 0 Å². The van der Waals surface area contributed by atoms with Crippen molar-refractivity contribution in [2.45, 2.75) is 181 Å². The molecule has 1 heteroatoms. The van der Waals surface area contributed by atoms with E-state index in [0.717, 1.165) is 12.5 Å². The van der Waals surface area contributed by atoms with Gasteiger partial charge in [-0.1, -0.05) is 168 Å². The number of hydrogen-bond acceptors (Lipinski definition) is 1. The molecule has 0 aromatic rings. The lowest BCUT2D eigenvalue weighted by atomic mass is 9.94. The Morgan fingerprint density at radius 2 is 0.581 bits per heavy atom. The average Bonchev–Trinajstić information content (AvgIpc) is 2.79. The second-order valence-corrected chi connectivity index (χ2v) is 10.5. The molecule has 0 spiro atoms. The van der Waals surface area contributed by atoms with Gasteiger partial charge in [-0.25, -0.2) is 0 Å². The van der Waals surface area contributed by atoms with Crippen LogP contribution in [0.15, 0.2) is 0 Å². The summed E-state index contributed by atoms with van der Waals surface area (Å²) in [4.78, 5) is 0. The molecule has 0 aromatic heterocycles. The van der Waals surface area contributed by atoms with Crippen LogP contribution in [0.25, 0.3) is 0 Å². The highest BCUT2D eigenvalue weighted by Gasteiger charge is 2.06.